The summed E-state index contributed by atoms with van der Waals surface area (Å²) in [4.78, 5) is 17.5. The maximum atomic E-state index is 13.7. The van der Waals surface area contributed by atoms with Gasteiger partial charge in [-0.2, -0.15) is 74.6 Å². The van der Waals surface area contributed by atoms with E-state index in [1.165, 1.54) is 0 Å². The Bertz CT molecular complexity index is 1090. The molecule has 220 valence electrons. The Morgan fingerprint density at radius 1 is 0.658 bits per heavy atom. The predicted octanol–water partition coefficient (Wildman–Crippen LogP) is 7.23. The second-order valence-electron chi connectivity index (χ2n) is 7.10. The second-order valence-corrected chi connectivity index (χ2v) is 8.75. The van der Waals surface area contributed by atoms with Gasteiger partial charge in [0.15, 0.2) is 0 Å². The average Bonchev–Trinajstić information content (AvgIpc) is 2.71. The quantitative estimate of drug-likeness (QED) is 0.165. The Balaban J connectivity index is 3.48. The van der Waals surface area contributed by atoms with E-state index in [4.69, 9.17) is 9.79 Å². The van der Waals surface area contributed by atoms with Gasteiger partial charge in [-0.1, -0.05) is 12.1 Å². The van der Waals surface area contributed by atoms with E-state index in [1.54, 1.807) is 0 Å². The van der Waals surface area contributed by atoms with Gasteiger partial charge in [0.2, 0.25) is 5.83 Å². The van der Waals surface area contributed by atoms with E-state index in [0.29, 0.717) is 24.3 Å². The molecule has 0 aliphatic carbocycles. The van der Waals surface area contributed by atoms with Gasteiger partial charge in [-0.05, 0) is 17.7 Å². The van der Waals surface area contributed by atoms with Crippen LogP contribution < -0.4 is 4.74 Å². The van der Waals surface area contributed by atoms with Crippen LogP contribution in [0.5, 0.6) is 5.75 Å². The topological polar surface area (TPSA) is 66.8 Å². The van der Waals surface area contributed by atoms with Crippen molar-refractivity contribution in [2.45, 2.75) is 47.9 Å². The van der Waals surface area contributed by atoms with Gasteiger partial charge in [-0.15, -0.1) is 0 Å². The number of halogens is 17. The minimum Gasteiger partial charge on any atom is -0.430 e. The van der Waals surface area contributed by atoms with Crippen LogP contribution >= 0.6 is 7.60 Å². The number of allylic oxidation sites excluding steroid dienone is 1. The first-order valence-electron chi connectivity index (χ1n) is 8.69. The van der Waals surface area contributed by atoms with Crippen molar-refractivity contribution in [3.8, 4) is 5.75 Å². The summed E-state index contributed by atoms with van der Waals surface area (Å²) in [6, 6.07) is -1.61. The van der Waals surface area contributed by atoms with Crippen molar-refractivity contribution in [3.63, 3.8) is 0 Å². The molecule has 0 aromatic heterocycles. The van der Waals surface area contributed by atoms with Crippen LogP contribution in [-0.2, 0) is 10.7 Å². The smallest absolute Gasteiger partial charge is 0.430 e. The lowest BCUT2D eigenvalue weighted by Crippen LogP contribution is -2.72. The minimum atomic E-state index is -8.68. The van der Waals surface area contributed by atoms with Crippen LogP contribution in [0.3, 0.4) is 0 Å². The van der Waals surface area contributed by atoms with E-state index >= 15 is 0 Å². The van der Waals surface area contributed by atoms with Gasteiger partial charge >= 0.3 is 55.3 Å². The maximum absolute atomic E-state index is 13.7. The summed E-state index contributed by atoms with van der Waals surface area (Å²) >= 11 is 0. The first kappa shape index (κ1) is 33.7. The normalized spacial score (nSPS) is 15.9. The van der Waals surface area contributed by atoms with Crippen LogP contribution in [0.1, 0.15) is 5.56 Å². The molecule has 0 amide bonds. The summed E-state index contributed by atoms with van der Waals surface area (Å²) in [6.07, 6.45) is -8.81. The molecule has 0 spiro atoms. The molecule has 38 heavy (non-hydrogen) atoms. The fourth-order valence-electron chi connectivity index (χ4n) is 2.28. The third-order valence-corrected chi connectivity index (χ3v) is 5.07. The fraction of sp³-hybridized carbons (Fsp3) is 0.500. The predicted molar refractivity (Wildman–Crippen MR) is 87.8 cm³/mol. The molecule has 0 saturated carbocycles. The Hall–Kier alpha value is -2.28. The highest BCUT2D eigenvalue weighted by molar-refractivity contribution is 7.50. The molecule has 1 rings (SSSR count). The van der Waals surface area contributed by atoms with E-state index in [1.807, 2.05) is 0 Å². The number of rotatable bonds is 10. The molecule has 0 fully saturated rings. The molecule has 0 aliphatic heterocycles. The summed E-state index contributed by atoms with van der Waals surface area (Å²) in [5.41, 5.74) is -0.286. The summed E-state index contributed by atoms with van der Waals surface area (Å²) in [5, 5.41) is 0. The van der Waals surface area contributed by atoms with Crippen molar-refractivity contribution in [3.05, 3.63) is 41.7 Å². The minimum absolute atomic E-state index is 0.286. The highest BCUT2D eigenvalue weighted by Crippen LogP contribution is 2.63. The molecule has 22 heteroatoms. The summed E-state index contributed by atoms with van der Waals surface area (Å²) in [5.74, 6) is -55.8. The van der Waals surface area contributed by atoms with E-state index < -0.39 is 73.1 Å². The summed E-state index contributed by atoms with van der Waals surface area (Å²) in [6.45, 7) is 0. The van der Waals surface area contributed by atoms with Gasteiger partial charge in [0.25, 0.3) is 0 Å². The fourth-order valence-corrected chi connectivity index (χ4v) is 2.96. The largest absolute Gasteiger partial charge is 0.460 e. The zero-order chi connectivity index (χ0) is 30.6. The van der Waals surface area contributed by atoms with Crippen molar-refractivity contribution in [1.82, 2.24) is 0 Å². The lowest BCUT2D eigenvalue weighted by atomic mass is 9.91. The molecule has 2 N–H and O–H groups in total. The Morgan fingerprint density at radius 2 is 1.03 bits per heavy atom. The molecule has 0 unspecified atom stereocenters. The highest BCUT2D eigenvalue weighted by atomic mass is 31.2. The van der Waals surface area contributed by atoms with E-state index in [0.717, 1.165) is 0 Å². The van der Waals surface area contributed by atoms with Crippen molar-refractivity contribution < 1.29 is 93.7 Å². The zero-order valence-electron chi connectivity index (χ0n) is 17.1. The standard InChI is InChI=1S/C16H8F17O4P/c17-8(9(18)37-7-3-1-6(2-4-7)5-38(34,35)36)10(19,20)11(21,22)12(23,24)13(25,26)14(27,28)15(29,30)16(31,32)33/h1-4H,5H2,(H2,34,35,36). The monoisotopic (exact) mass is 618 g/mol. The van der Waals surface area contributed by atoms with Gasteiger partial charge in [0.05, 0.1) is 6.16 Å². The Kier molecular flexibility index (Phi) is 8.64. The molecule has 0 heterocycles. The summed E-state index contributed by atoms with van der Waals surface area (Å²) in [7, 11) is -4.71. The molecular weight excluding hydrogens is 610 g/mol. The van der Waals surface area contributed by atoms with Gasteiger partial charge in [0, 0.05) is 0 Å². The molecule has 0 bridgehead atoms. The van der Waals surface area contributed by atoms with Crippen molar-refractivity contribution in [1.29, 1.82) is 0 Å². The van der Waals surface area contributed by atoms with Crippen LogP contribution in [0, 0.1) is 0 Å². The van der Waals surface area contributed by atoms with Crippen molar-refractivity contribution in [2.75, 3.05) is 0 Å². The van der Waals surface area contributed by atoms with Gasteiger partial charge in [0.1, 0.15) is 5.75 Å². The molecule has 0 radical (unpaired) electrons. The van der Waals surface area contributed by atoms with Crippen molar-refractivity contribution >= 4 is 7.60 Å². The first-order valence-corrected chi connectivity index (χ1v) is 10.5. The molecule has 1 aromatic carbocycles. The zero-order valence-corrected chi connectivity index (χ0v) is 18.0. The highest BCUT2D eigenvalue weighted by Gasteiger charge is 2.93. The number of hydrogen-bond acceptors (Lipinski definition) is 2. The maximum Gasteiger partial charge on any atom is 0.460 e. The van der Waals surface area contributed by atoms with E-state index in [2.05, 4.69) is 4.74 Å². The van der Waals surface area contributed by atoms with Crippen molar-refractivity contribution in [2.24, 2.45) is 0 Å². The van der Waals surface area contributed by atoms with Crippen LogP contribution in [0.4, 0.5) is 74.6 Å². The lowest BCUT2D eigenvalue weighted by Gasteiger charge is -2.41. The number of alkyl halides is 15. The third kappa shape index (κ3) is 5.54. The first-order chi connectivity index (χ1) is 16.5. The number of benzene rings is 1. The molecule has 0 aliphatic rings. The molecule has 0 saturated heterocycles. The average molecular weight is 618 g/mol. The van der Waals surface area contributed by atoms with Gasteiger partial charge < -0.3 is 14.5 Å². The molecule has 1 aromatic rings. The number of hydrogen-bond donors (Lipinski definition) is 2. The van der Waals surface area contributed by atoms with Crippen LogP contribution in [0.15, 0.2) is 36.1 Å². The molecule has 0 atom stereocenters. The number of ether oxygens (including phenoxy) is 1. The Morgan fingerprint density at radius 3 is 1.39 bits per heavy atom. The van der Waals surface area contributed by atoms with Crippen LogP contribution in [0.25, 0.3) is 0 Å². The van der Waals surface area contributed by atoms with Crippen LogP contribution in [-0.4, -0.2) is 51.5 Å². The lowest BCUT2D eigenvalue weighted by molar-refractivity contribution is -0.451. The van der Waals surface area contributed by atoms with E-state index in [9.17, 15) is 79.2 Å². The third-order valence-electron chi connectivity index (χ3n) is 4.30. The van der Waals surface area contributed by atoms with E-state index in [-0.39, 0.29) is 5.56 Å². The van der Waals surface area contributed by atoms with Crippen LogP contribution in [0.2, 0.25) is 0 Å². The van der Waals surface area contributed by atoms with Gasteiger partial charge in [-0.3, -0.25) is 4.57 Å². The summed E-state index contributed by atoms with van der Waals surface area (Å²) < 4.78 is 238. The van der Waals surface area contributed by atoms with Gasteiger partial charge in [-0.25, -0.2) is 0 Å². The molecule has 4 nitrogen and oxygen atoms in total. The molecular formula is C16H8F17O4P. The second kappa shape index (κ2) is 9.72. The Labute approximate surface area is 197 Å². The SMILES string of the molecule is O=P(O)(O)Cc1ccc(OC(F)=C(F)C(F)(F)C(F)(F)C(F)(F)C(F)(F)C(F)(F)C(F)(F)C(F)(F)F)cc1.